The summed E-state index contributed by atoms with van der Waals surface area (Å²) in [5, 5.41) is 23.9. The molecule has 0 fully saturated rings. The van der Waals surface area contributed by atoms with E-state index in [0.717, 1.165) is 10.4 Å². The molecule has 4 aromatic rings. The van der Waals surface area contributed by atoms with Gasteiger partial charge in [0.15, 0.2) is 0 Å². The van der Waals surface area contributed by atoms with Gasteiger partial charge in [0.25, 0.3) is 0 Å². The summed E-state index contributed by atoms with van der Waals surface area (Å²) in [6, 6.07) is 17.5. The van der Waals surface area contributed by atoms with Crippen molar-refractivity contribution in [3.8, 4) is 28.0 Å². The smallest absolute Gasteiger partial charge is 0.545 e. The Bertz CT molecular complexity index is 1250. The first kappa shape index (κ1) is 23.1. The summed E-state index contributed by atoms with van der Waals surface area (Å²) in [4.78, 5) is 16.4. The van der Waals surface area contributed by atoms with Gasteiger partial charge < -0.3 is 19.6 Å². The molecule has 31 heavy (non-hydrogen) atoms. The molecule has 3 heterocycles. The first-order chi connectivity index (χ1) is 14.5. The molecule has 0 saturated heterocycles. The molecule has 0 amide bonds. The molecule has 1 N–H and O–H groups in total. The fourth-order valence-electron chi connectivity index (χ4n) is 2.93. The van der Waals surface area contributed by atoms with Gasteiger partial charge in [-0.25, -0.2) is 4.98 Å². The Morgan fingerprint density at radius 3 is 2.58 bits per heavy atom. The molecule has 0 spiro atoms. The average Bonchev–Trinajstić information content (AvgIpc) is 3.44. The summed E-state index contributed by atoms with van der Waals surface area (Å²) in [6.07, 6.45) is 1.55. The molecule has 0 aliphatic rings. The number of nitrogens with zero attached hydrogens (tertiary/aromatic N) is 2. The van der Waals surface area contributed by atoms with Gasteiger partial charge in [0.2, 0.25) is 0 Å². The van der Waals surface area contributed by atoms with Crippen LogP contribution in [0.1, 0.15) is 21.5 Å². The average molecular weight is 458 g/mol. The first-order valence-corrected chi connectivity index (χ1v) is 10.0. The Morgan fingerprint density at radius 2 is 2.00 bits per heavy atom. The number of rotatable bonds is 6. The van der Waals surface area contributed by atoms with Crippen molar-refractivity contribution in [1.29, 1.82) is 5.26 Å². The summed E-state index contributed by atoms with van der Waals surface area (Å²) >= 11 is 7.47. The maximum absolute atomic E-state index is 10.9. The number of benzene rings is 1. The number of thiophene rings is 1. The topological polar surface area (TPSA) is 102 Å². The SMILES string of the molecule is N#Cc1c(-c2ccco2)cc(-c2ccc(Cl)s2)nc1NCc1ccc(C(=O)[O-])cc1.[Na+]. The number of nitriles is 1. The van der Waals surface area contributed by atoms with Crippen LogP contribution in [0.5, 0.6) is 0 Å². The van der Waals surface area contributed by atoms with Crippen LogP contribution in [0, 0.1) is 11.3 Å². The third kappa shape index (κ3) is 5.18. The molecule has 0 bridgehead atoms. The van der Waals surface area contributed by atoms with E-state index < -0.39 is 5.97 Å². The Labute approximate surface area is 209 Å². The largest absolute Gasteiger partial charge is 1.00 e. The molecule has 6 nitrogen and oxygen atoms in total. The maximum Gasteiger partial charge on any atom is 1.00 e. The first-order valence-electron chi connectivity index (χ1n) is 8.84. The van der Waals surface area contributed by atoms with E-state index in [1.54, 1.807) is 42.7 Å². The summed E-state index contributed by atoms with van der Waals surface area (Å²) in [5.41, 5.74) is 2.56. The van der Waals surface area contributed by atoms with Crippen molar-refractivity contribution in [2.45, 2.75) is 6.54 Å². The van der Waals surface area contributed by atoms with Gasteiger partial charge in [0.1, 0.15) is 23.2 Å². The van der Waals surface area contributed by atoms with Crippen LogP contribution >= 0.6 is 22.9 Å². The van der Waals surface area contributed by atoms with Crippen molar-refractivity contribution in [1.82, 2.24) is 4.98 Å². The number of nitrogens with one attached hydrogen (secondary N) is 1. The zero-order chi connectivity index (χ0) is 21.1. The third-order valence-corrected chi connectivity index (χ3v) is 5.65. The zero-order valence-corrected chi connectivity index (χ0v) is 20.0. The molecule has 0 unspecified atom stereocenters. The third-order valence-electron chi connectivity index (χ3n) is 4.39. The number of furan rings is 1. The van der Waals surface area contributed by atoms with Crippen molar-refractivity contribution in [3.05, 3.63) is 81.9 Å². The second-order valence-electron chi connectivity index (χ2n) is 6.31. The number of halogens is 1. The number of aromatic carboxylic acids is 1. The van der Waals surface area contributed by atoms with Crippen LogP contribution in [0.4, 0.5) is 5.82 Å². The van der Waals surface area contributed by atoms with Crippen molar-refractivity contribution in [2.24, 2.45) is 0 Å². The van der Waals surface area contributed by atoms with Gasteiger partial charge >= 0.3 is 29.6 Å². The van der Waals surface area contributed by atoms with Crippen LogP contribution in [-0.4, -0.2) is 11.0 Å². The normalized spacial score (nSPS) is 10.2. The van der Waals surface area contributed by atoms with Crippen LogP contribution in [0.2, 0.25) is 4.34 Å². The minimum atomic E-state index is -1.23. The van der Waals surface area contributed by atoms with Crippen molar-refractivity contribution < 1.29 is 43.9 Å². The summed E-state index contributed by atoms with van der Waals surface area (Å²) < 4.78 is 6.16. The number of aromatic nitrogens is 1. The van der Waals surface area contributed by atoms with Crippen LogP contribution in [0.3, 0.4) is 0 Å². The van der Waals surface area contributed by atoms with E-state index in [2.05, 4.69) is 16.4 Å². The number of carbonyl (C=O) groups excluding carboxylic acids is 1. The van der Waals surface area contributed by atoms with Gasteiger partial charge in [0.05, 0.1) is 27.1 Å². The molecule has 1 aromatic carbocycles. The molecule has 148 valence electrons. The fraction of sp³-hybridized carbons (Fsp3) is 0.0455. The van der Waals surface area contributed by atoms with Gasteiger partial charge in [0, 0.05) is 12.1 Å². The number of hydrogen-bond donors (Lipinski definition) is 1. The quantitative estimate of drug-likeness (QED) is 0.441. The van der Waals surface area contributed by atoms with E-state index in [0.29, 0.717) is 39.3 Å². The van der Waals surface area contributed by atoms with E-state index in [-0.39, 0.29) is 35.1 Å². The van der Waals surface area contributed by atoms with Crippen LogP contribution in [0.25, 0.3) is 21.9 Å². The Morgan fingerprint density at radius 1 is 1.23 bits per heavy atom. The van der Waals surface area contributed by atoms with Gasteiger partial charge in [-0.15, -0.1) is 11.3 Å². The summed E-state index contributed by atoms with van der Waals surface area (Å²) in [5.74, 6) is -0.276. The molecule has 0 saturated carbocycles. The predicted octanol–water partition coefficient (Wildman–Crippen LogP) is 1.57. The Hall–Kier alpha value is -2.60. The number of anilines is 1. The molecule has 9 heteroatoms. The van der Waals surface area contributed by atoms with Crippen LogP contribution in [0.15, 0.2) is 65.3 Å². The number of carboxylic acid groups (broad SMARTS) is 1. The molecular weight excluding hydrogens is 445 g/mol. The van der Waals surface area contributed by atoms with Gasteiger partial charge in [-0.2, -0.15) is 5.26 Å². The number of carboxylic acids is 1. The van der Waals surface area contributed by atoms with E-state index in [9.17, 15) is 15.2 Å². The van der Waals surface area contributed by atoms with Gasteiger partial charge in [-0.05, 0) is 41.5 Å². The number of hydrogen-bond acceptors (Lipinski definition) is 7. The van der Waals surface area contributed by atoms with Crippen molar-refractivity contribution in [3.63, 3.8) is 0 Å². The molecule has 0 aliphatic heterocycles. The summed E-state index contributed by atoms with van der Waals surface area (Å²) in [7, 11) is 0. The maximum atomic E-state index is 10.9. The Kier molecular flexibility index (Phi) is 7.55. The van der Waals surface area contributed by atoms with Crippen LogP contribution < -0.4 is 40.0 Å². The molecule has 3 aromatic heterocycles. The predicted molar refractivity (Wildman–Crippen MR) is 113 cm³/mol. The summed E-state index contributed by atoms with van der Waals surface area (Å²) in [6.45, 7) is 0.348. The van der Waals surface area contributed by atoms with E-state index in [1.165, 1.54) is 23.5 Å². The van der Waals surface area contributed by atoms with Gasteiger partial charge in [-0.1, -0.05) is 35.9 Å². The number of pyridine rings is 1. The number of carbonyl (C=O) groups is 1. The fourth-order valence-corrected chi connectivity index (χ4v) is 3.94. The Balaban J connectivity index is 0.00000272. The molecule has 0 radical (unpaired) electrons. The molecule has 0 atom stereocenters. The standard InChI is InChI=1S/C22H14ClN3O3S.Na/c23-20-8-7-19(30-20)17-10-15(18-2-1-9-29-18)16(11-24)21(26-17)25-12-13-3-5-14(6-4-13)22(27)28;/h1-10H,12H2,(H,25,26)(H,27,28);/q;+1/p-1. The molecule has 0 aliphatic carbocycles. The van der Waals surface area contributed by atoms with E-state index in [4.69, 9.17) is 16.0 Å². The minimum absolute atomic E-state index is 0. The zero-order valence-electron chi connectivity index (χ0n) is 16.4. The minimum Gasteiger partial charge on any atom is -0.545 e. The second kappa shape index (κ2) is 10.1. The van der Waals surface area contributed by atoms with Crippen LogP contribution in [-0.2, 0) is 6.54 Å². The van der Waals surface area contributed by atoms with E-state index >= 15 is 0 Å². The monoisotopic (exact) mass is 457 g/mol. The van der Waals surface area contributed by atoms with E-state index in [1.807, 2.05) is 6.07 Å². The molecule has 4 rings (SSSR count). The second-order valence-corrected chi connectivity index (χ2v) is 8.02. The van der Waals surface area contributed by atoms with Gasteiger partial charge in [-0.3, -0.25) is 0 Å². The molecular formula is C22H13ClN3NaO3S. The van der Waals surface area contributed by atoms with Crippen molar-refractivity contribution >= 4 is 34.7 Å². The van der Waals surface area contributed by atoms with Crippen molar-refractivity contribution in [2.75, 3.05) is 5.32 Å².